The van der Waals surface area contributed by atoms with Crippen LogP contribution in [0.1, 0.15) is 10.5 Å². The third kappa shape index (κ3) is 2.04. The molecule has 6 nitrogen and oxygen atoms in total. The van der Waals surface area contributed by atoms with Crippen molar-refractivity contribution in [1.29, 1.82) is 0 Å². The number of esters is 1. The van der Waals surface area contributed by atoms with Crippen molar-refractivity contribution in [2.45, 2.75) is 0 Å². The summed E-state index contributed by atoms with van der Waals surface area (Å²) in [5, 5.41) is 15.5. The van der Waals surface area contributed by atoms with Gasteiger partial charge < -0.3 is 4.74 Å². The summed E-state index contributed by atoms with van der Waals surface area (Å²) in [5.74, 6) is -0.708. The number of hydrogen-bond acceptors (Lipinski definition) is 6. The number of anilines is 1. The Morgan fingerprint density at radius 1 is 1.69 bits per heavy atom. The van der Waals surface area contributed by atoms with Gasteiger partial charge in [0.15, 0.2) is 10.8 Å². The number of rotatable bonds is 2. The smallest absolute Gasteiger partial charge is 0.360 e. The van der Waals surface area contributed by atoms with Crippen molar-refractivity contribution < 1.29 is 14.7 Å². The van der Waals surface area contributed by atoms with E-state index in [4.69, 9.17) is 16.8 Å². The van der Waals surface area contributed by atoms with Gasteiger partial charge in [-0.2, -0.15) is 0 Å². The lowest BCUT2D eigenvalue weighted by molar-refractivity contribution is 0.0593. The maximum atomic E-state index is 11.0. The summed E-state index contributed by atoms with van der Waals surface area (Å²) < 4.78 is 4.38. The Morgan fingerprint density at radius 3 is 2.92 bits per heavy atom. The van der Waals surface area contributed by atoms with Gasteiger partial charge in [0.1, 0.15) is 0 Å². The number of methoxy groups -OCH3 is 1. The Morgan fingerprint density at radius 2 is 2.38 bits per heavy atom. The molecule has 1 rings (SSSR count). The molecule has 1 aromatic rings. The summed E-state index contributed by atoms with van der Waals surface area (Å²) in [4.78, 5) is 11.0. The van der Waals surface area contributed by atoms with Crippen LogP contribution >= 0.6 is 11.6 Å². The first kappa shape index (κ1) is 9.69. The zero-order valence-electron chi connectivity index (χ0n) is 6.61. The summed E-state index contributed by atoms with van der Waals surface area (Å²) in [6, 6.07) is 1.25. The fraction of sp³-hybridized carbons (Fsp3) is 0.167. The molecule has 0 amide bonds. The van der Waals surface area contributed by atoms with Gasteiger partial charge in [-0.25, -0.2) is 4.79 Å². The van der Waals surface area contributed by atoms with Crippen LogP contribution in [0.3, 0.4) is 0 Å². The van der Waals surface area contributed by atoms with Gasteiger partial charge in [0.25, 0.3) is 0 Å². The van der Waals surface area contributed by atoms with Gasteiger partial charge in [0, 0.05) is 6.07 Å². The maximum Gasteiger partial charge on any atom is 0.360 e. The lowest BCUT2D eigenvalue weighted by atomic mass is 10.3. The van der Waals surface area contributed by atoms with Crippen LogP contribution in [0.5, 0.6) is 0 Å². The zero-order valence-corrected chi connectivity index (χ0v) is 7.37. The second-order valence-corrected chi connectivity index (χ2v) is 2.42. The van der Waals surface area contributed by atoms with E-state index in [1.54, 1.807) is 5.48 Å². The van der Waals surface area contributed by atoms with Crippen molar-refractivity contribution >= 4 is 23.3 Å². The molecule has 0 radical (unpaired) electrons. The van der Waals surface area contributed by atoms with Gasteiger partial charge in [-0.1, -0.05) is 11.6 Å². The number of aromatic nitrogens is 2. The number of nitrogens with zero attached hydrogens (tertiary/aromatic N) is 2. The minimum absolute atomic E-state index is 0.0480. The van der Waals surface area contributed by atoms with Crippen molar-refractivity contribution in [3.63, 3.8) is 0 Å². The molecule has 0 aromatic carbocycles. The first-order valence-electron chi connectivity index (χ1n) is 3.20. The van der Waals surface area contributed by atoms with Crippen molar-refractivity contribution in [2.24, 2.45) is 0 Å². The summed E-state index contributed by atoms with van der Waals surface area (Å²) in [7, 11) is 1.19. The zero-order chi connectivity index (χ0) is 9.84. The normalized spacial score (nSPS) is 9.46. The molecule has 0 atom stereocenters. The molecular weight excluding hydrogens is 198 g/mol. The second-order valence-electron chi connectivity index (χ2n) is 2.03. The number of nitrogens with one attached hydrogen (secondary N) is 1. The van der Waals surface area contributed by atoms with Gasteiger partial charge >= 0.3 is 5.97 Å². The molecule has 0 spiro atoms. The van der Waals surface area contributed by atoms with Gasteiger partial charge in [-0.05, 0) is 0 Å². The highest BCUT2D eigenvalue weighted by Gasteiger charge is 2.14. The Kier molecular flexibility index (Phi) is 2.99. The second kappa shape index (κ2) is 4.01. The van der Waals surface area contributed by atoms with Crippen LogP contribution in [-0.4, -0.2) is 28.5 Å². The molecule has 0 bridgehead atoms. The molecular formula is C6H6ClN3O3. The minimum atomic E-state index is -0.708. The summed E-state index contributed by atoms with van der Waals surface area (Å²) >= 11 is 5.47. The van der Waals surface area contributed by atoms with Crippen LogP contribution in [0.25, 0.3) is 0 Å². The van der Waals surface area contributed by atoms with Crippen molar-refractivity contribution in [3.8, 4) is 0 Å². The molecule has 0 fully saturated rings. The Balaban J connectivity index is 3.13. The number of ether oxygens (including phenoxy) is 1. The number of carbonyl (C=O) groups is 1. The van der Waals surface area contributed by atoms with Crippen LogP contribution in [0.2, 0.25) is 5.15 Å². The van der Waals surface area contributed by atoms with E-state index in [9.17, 15) is 4.79 Å². The summed E-state index contributed by atoms with van der Waals surface area (Å²) in [6.07, 6.45) is 0. The van der Waals surface area contributed by atoms with Crippen LogP contribution < -0.4 is 5.48 Å². The minimum Gasteiger partial charge on any atom is -0.464 e. The third-order valence-corrected chi connectivity index (χ3v) is 1.45. The van der Waals surface area contributed by atoms with E-state index in [0.717, 1.165) is 0 Å². The van der Waals surface area contributed by atoms with Crippen molar-refractivity contribution in [1.82, 2.24) is 10.2 Å². The van der Waals surface area contributed by atoms with Gasteiger partial charge in [-0.3, -0.25) is 10.7 Å². The van der Waals surface area contributed by atoms with E-state index >= 15 is 0 Å². The first-order valence-corrected chi connectivity index (χ1v) is 3.58. The van der Waals surface area contributed by atoms with Crippen LogP contribution in [0, 0.1) is 0 Å². The molecule has 1 heterocycles. The predicted molar refractivity (Wildman–Crippen MR) is 43.8 cm³/mol. The standard InChI is InChI=1S/C6H6ClN3O3/c1-13-6(11)5-3(10-12)2-4(7)8-9-5/h2,12H,1H3,(H,8,10). The maximum absolute atomic E-state index is 11.0. The summed E-state index contributed by atoms with van der Waals surface area (Å²) in [5.41, 5.74) is 1.68. The number of carbonyl (C=O) groups excluding carboxylic acids is 1. The van der Waals surface area contributed by atoms with E-state index < -0.39 is 5.97 Å². The highest BCUT2D eigenvalue weighted by molar-refractivity contribution is 6.29. The molecule has 0 aliphatic carbocycles. The topological polar surface area (TPSA) is 84.3 Å². The molecule has 0 unspecified atom stereocenters. The van der Waals surface area contributed by atoms with Crippen LogP contribution in [0.4, 0.5) is 5.69 Å². The van der Waals surface area contributed by atoms with Crippen molar-refractivity contribution in [3.05, 3.63) is 16.9 Å². The average molecular weight is 204 g/mol. The molecule has 7 heteroatoms. The number of hydrogen-bond donors (Lipinski definition) is 2. The lowest BCUT2D eigenvalue weighted by Crippen LogP contribution is -2.09. The molecule has 0 saturated heterocycles. The lowest BCUT2D eigenvalue weighted by Gasteiger charge is -2.03. The first-order chi connectivity index (χ1) is 6.19. The largest absolute Gasteiger partial charge is 0.464 e. The van der Waals surface area contributed by atoms with E-state index in [0.29, 0.717) is 0 Å². The van der Waals surface area contributed by atoms with Gasteiger partial charge in [0.2, 0.25) is 0 Å². The Hall–Kier alpha value is -1.40. The molecule has 70 valence electrons. The predicted octanol–water partition coefficient (Wildman–Crippen LogP) is 0.718. The average Bonchev–Trinajstić information content (AvgIpc) is 2.16. The summed E-state index contributed by atoms with van der Waals surface area (Å²) in [6.45, 7) is 0. The Labute approximate surface area is 78.4 Å². The number of halogens is 1. The van der Waals surface area contributed by atoms with Crippen LogP contribution in [-0.2, 0) is 4.74 Å². The quantitative estimate of drug-likeness (QED) is 0.544. The third-order valence-electron chi connectivity index (χ3n) is 1.26. The van der Waals surface area contributed by atoms with Gasteiger partial charge in [-0.15, -0.1) is 10.2 Å². The monoisotopic (exact) mass is 203 g/mol. The molecule has 1 aromatic heterocycles. The molecule has 0 aliphatic heterocycles. The SMILES string of the molecule is COC(=O)c1nnc(Cl)cc1NO. The molecule has 13 heavy (non-hydrogen) atoms. The molecule has 0 aliphatic rings. The van der Waals surface area contributed by atoms with Gasteiger partial charge in [0.05, 0.1) is 12.8 Å². The van der Waals surface area contributed by atoms with Crippen LogP contribution in [0.15, 0.2) is 6.07 Å². The highest BCUT2D eigenvalue weighted by Crippen LogP contribution is 2.15. The fourth-order valence-electron chi connectivity index (χ4n) is 0.701. The molecule has 0 saturated carbocycles. The molecule has 2 N–H and O–H groups in total. The van der Waals surface area contributed by atoms with E-state index in [-0.39, 0.29) is 16.5 Å². The van der Waals surface area contributed by atoms with E-state index in [1.807, 2.05) is 0 Å². The van der Waals surface area contributed by atoms with E-state index in [1.165, 1.54) is 13.2 Å². The van der Waals surface area contributed by atoms with E-state index in [2.05, 4.69) is 14.9 Å². The highest BCUT2D eigenvalue weighted by atomic mass is 35.5. The van der Waals surface area contributed by atoms with Crippen molar-refractivity contribution in [2.75, 3.05) is 12.6 Å². The Bertz CT molecular complexity index is 331. The fourth-order valence-corrected chi connectivity index (χ4v) is 0.848.